The van der Waals surface area contributed by atoms with Crippen molar-refractivity contribution in [3.8, 4) is 0 Å². The van der Waals surface area contributed by atoms with Crippen LogP contribution in [0.2, 0.25) is 0 Å². The molecule has 1 aliphatic carbocycles. The molecule has 102 valence electrons. The zero-order chi connectivity index (χ0) is 14.2. The van der Waals surface area contributed by atoms with Crippen LogP contribution in [0.4, 0.5) is 5.95 Å². The molecule has 0 aromatic carbocycles. The predicted molar refractivity (Wildman–Crippen MR) is 78.8 cm³/mol. The van der Waals surface area contributed by atoms with Crippen molar-refractivity contribution in [2.24, 2.45) is 5.73 Å². The normalized spacial score (nSPS) is 22.3. The van der Waals surface area contributed by atoms with Gasteiger partial charge in [0.2, 0.25) is 5.95 Å². The molecule has 2 aromatic rings. The number of nitrogens with two attached hydrogens (primary N) is 2. The van der Waals surface area contributed by atoms with E-state index in [0.29, 0.717) is 0 Å². The summed E-state index contributed by atoms with van der Waals surface area (Å²) < 4.78 is 0. The Morgan fingerprint density at radius 3 is 2.95 bits per heavy atom. The van der Waals surface area contributed by atoms with Crippen molar-refractivity contribution in [2.75, 3.05) is 5.73 Å². The molecule has 2 atom stereocenters. The summed E-state index contributed by atoms with van der Waals surface area (Å²) >= 11 is 0. The zero-order valence-electron chi connectivity index (χ0n) is 11.3. The molecule has 5 nitrogen and oxygen atoms in total. The van der Waals surface area contributed by atoms with E-state index in [-0.39, 0.29) is 11.9 Å². The summed E-state index contributed by atoms with van der Waals surface area (Å²) in [6.07, 6.45) is 10.2. The van der Waals surface area contributed by atoms with Crippen LogP contribution in [-0.4, -0.2) is 20.5 Å². The second-order valence-electron chi connectivity index (χ2n) is 5.24. The Bertz CT molecular complexity index is 741. The maximum atomic E-state index is 6.58. The van der Waals surface area contributed by atoms with Crippen molar-refractivity contribution in [1.82, 2.24) is 15.0 Å². The topological polar surface area (TPSA) is 90.7 Å². The minimum absolute atomic E-state index is 0.136. The first kappa shape index (κ1) is 12.7. The van der Waals surface area contributed by atoms with E-state index < -0.39 is 5.54 Å². The molecule has 2 unspecified atom stereocenters. The van der Waals surface area contributed by atoms with Crippen molar-refractivity contribution in [3.05, 3.63) is 46.9 Å². The van der Waals surface area contributed by atoms with Gasteiger partial charge in [-0.25, -0.2) is 9.97 Å². The summed E-state index contributed by atoms with van der Waals surface area (Å²) in [6, 6.07) is 3.97. The fourth-order valence-corrected chi connectivity index (χ4v) is 2.54. The number of nitrogen functional groups attached to an aromatic ring is 1. The van der Waals surface area contributed by atoms with E-state index >= 15 is 0 Å². The molecule has 0 spiro atoms. The van der Waals surface area contributed by atoms with E-state index in [1.165, 1.54) is 0 Å². The van der Waals surface area contributed by atoms with Crippen LogP contribution in [0, 0.1) is 0 Å². The van der Waals surface area contributed by atoms with Gasteiger partial charge in [0.1, 0.15) is 0 Å². The highest BCUT2D eigenvalue weighted by Crippen LogP contribution is 2.30. The van der Waals surface area contributed by atoms with Gasteiger partial charge in [0.05, 0.1) is 5.35 Å². The molecule has 3 rings (SSSR count). The first-order valence-corrected chi connectivity index (χ1v) is 6.59. The molecule has 2 heterocycles. The van der Waals surface area contributed by atoms with Crippen LogP contribution >= 0.6 is 0 Å². The number of hydrogen-bond donors (Lipinski definition) is 2. The molecule has 0 radical (unpaired) electrons. The third-order valence-corrected chi connectivity index (χ3v) is 3.94. The second kappa shape index (κ2) is 4.68. The standard InChI is InChI=1S/C15H17N5/c1-10(11-3-2-6-18-8-11)15(17)5-4-12-9-19-14(16)20-13(12)7-15/h2-4,6-10H,5,17H2,1H3,(H2,16,20). The number of anilines is 1. The SMILES string of the molecule is CC(c1cccnc1)C1(N)C=c2nc(N)ncc2=CC1. The lowest BCUT2D eigenvalue weighted by Gasteiger charge is -2.33. The van der Waals surface area contributed by atoms with Gasteiger partial charge >= 0.3 is 0 Å². The van der Waals surface area contributed by atoms with Crippen LogP contribution in [0.25, 0.3) is 12.2 Å². The van der Waals surface area contributed by atoms with Gasteiger partial charge in [-0.3, -0.25) is 4.98 Å². The monoisotopic (exact) mass is 267 g/mol. The highest BCUT2D eigenvalue weighted by molar-refractivity contribution is 5.50. The molecule has 20 heavy (non-hydrogen) atoms. The molecule has 2 aromatic heterocycles. The van der Waals surface area contributed by atoms with Crippen LogP contribution < -0.4 is 22.0 Å². The third-order valence-electron chi connectivity index (χ3n) is 3.94. The van der Waals surface area contributed by atoms with Crippen LogP contribution in [0.5, 0.6) is 0 Å². The molecule has 1 aliphatic rings. The number of nitrogens with zero attached hydrogens (tertiary/aromatic N) is 3. The summed E-state index contributed by atoms with van der Waals surface area (Å²) in [5.41, 5.74) is 12.9. The average molecular weight is 267 g/mol. The number of fused-ring (bicyclic) bond motifs is 1. The smallest absolute Gasteiger partial charge is 0.220 e. The Morgan fingerprint density at radius 1 is 1.35 bits per heavy atom. The molecule has 0 aliphatic heterocycles. The molecule has 0 fully saturated rings. The zero-order valence-corrected chi connectivity index (χ0v) is 11.3. The van der Waals surface area contributed by atoms with Gasteiger partial charge in [-0.15, -0.1) is 0 Å². The highest BCUT2D eigenvalue weighted by atomic mass is 15.0. The van der Waals surface area contributed by atoms with Gasteiger partial charge < -0.3 is 11.5 Å². The van der Waals surface area contributed by atoms with E-state index in [9.17, 15) is 0 Å². The first-order valence-electron chi connectivity index (χ1n) is 6.59. The van der Waals surface area contributed by atoms with Crippen molar-refractivity contribution in [1.29, 1.82) is 0 Å². The number of hydrogen-bond acceptors (Lipinski definition) is 5. The second-order valence-corrected chi connectivity index (χ2v) is 5.24. The van der Waals surface area contributed by atoms with E-state index in [2.05, 4.69) is 28.0 Å². The van der Waals surface area contributed by atoms with E-state index in [4.69, 9.17) is 11.5 Å². The molecule has 4 N–H and O–H groups in total. The molecule has 0 saturated heterocycles. The van der Waals surface area contributed by atoms with Gasteiger partial charge in [0.25, 0.3) is 0 Å². The van der Waals surface area contributed by atoms with Crippen molar-refractivity contribution in [2.45, 2.75) is 24.8 Å². The van der Waals surface area contributed by atoms with Crippen LogP contribution in [0.15, 0.2) is 30.7 Å². The first-order chi connectivity index (χ1) is 9.58. The number of aromatic nitrogens is 3. The van der Waals surface area contributed by atoms with Crippen molar-refractivity contribution >= 4 is 18.1 Å². The average Bonchev–Trinajstić information content (AvgIpc) is 2.47. The van der Waals surface area contributed by atoms with Gasteiger partial charge in [0.15, 0.2) is 0 Å². The van der Waals surface area contributed by atoms with E-state index in [1.807, 2.05) is 24.4 Å². The Labute approximate surface area is 117 Å². The molecule has 0 bridgehead atoms. The quantitative estimate of drug-likeness (QED) is 0.794. The fraction of sp³-hybridized carbons (Fsp3) is 0.267. The van der Waals surface area contributed by atoms with Gasteiger partial charge in [0, 0.05) is 35.3 Å². The highest BCUT2D eigenvalue weighted by Gasteiger charge is 2.31. The lowest BCUT2D eigenvalue weighted by Crippen LogP contribution is -2.49. The van der Waals surface area contributed by atoms with Crippen LogP contribution in [0.1, 0.15) is 24.8 Å². The third kappa shape index (κ3) is 2.16. The molecule has 0 saturated carbocycles. The van der Waals surface area contributed by atoms with Crippen LogP contribution in [-0.2, 0) is 0 Å². The van der Waals surface area contributed by atoms with Crippen molar-refractivity contribution < 1.29 is 0 Å². The summed E-state index contributed by atoms with van der Waals surface area (Å²) in [7, 11) is 0. The number of pyridine rings is 1. The lowest BCUT2D eigenvalue weighted by molar-refractivity contribution is 0.481. The number of rotatable bonds is 2. The summed E-state index contributed by atoms with van der Waals surface area (Å²) in [6.45, 7) is 2.11. The summed E-state index contributed by atoms with van der Waals surface area (Å²) in [5.74, 6) is 0.406. The maximum absolute atomic E-state index is 6.58. The van der Waals surface area contributed by atoms with Gasteiger partial charge in [-0.05, 0) is 24.1 Å². The van der Waals surface area contributed by atoms with E-state index in [0.717, 1.165) is 22.6 Å². The minimum Gasteiger partial charge on any atom is -0.368 e. The van der Waals surface area contributed by atoms with Crippen molar-refractivity contribution in [3.63, 3.8) is 0 Å². The Morgan fingerprint density at radius 2 is 2.20 bits per heavy atom. The summed E-state index contributed by atoms with van der Waals surface area (Å²) in [5, 5.41) is 1.79. The Balaban J connectivity index is 2.06. The Kier molecular flexibility index (Phi) is 2.99. The molecular weight excluding hydrogens is 250 g/mol. The van der Waals surface area contributed by atoms with Gasteiger partial charge in [-0.1, -0.05) is 19.1 Å². The lowest BCUT2D eigenvalue weighted by atomic mass is 9.77. The fourth-order valence-electron chi connectivity index (χ4n) is 2.54. The maximum Gasteiger partial charge on any atom is 0.220 e. The Hall–Kier alpha value is -2.27. The van der Waals surface area contributed by atoms with Crippen LogP contribution in [0.3, 0.4) is 0 Å². The largest absolute Gasteiger partial charge is 0.368 e. The van der Waals surface area contributed by atoms with E-state index in [1.54, 1.807) is 12.4 Å². The summed E-state index contributed by atoms with van der Waals surface area (Å²) in [4.78, 5) is 12.4. The molecular formula is C15H17N5. The molecule has 5 heteroatoms. The predicted octanol–water partition coefficient (Wildman–Crippen LogP) is -0.0803. The minimum atomic E-state index is -0.489. The van der Waals surface area contributed by atoms with Gasteiger partial charge in [-0.2, -0.15) is 0 Å². The molecule has 0 amide bonds.